The van der Waals surface area contributed by atoms with E-state index in [1.54, 1.807) is 0 Å². The van der Waals surface area contributed by atoms with Crippen LogP contribution in [0.2, 0.25) is 0 Å². The summed E-state index contributed by atoms with van der Waals surface area (Å²) in [6.45, 7) is 4.60. The van der Waals surface area contributed by atoms with E-state index in [1.807, 2.05) is 0 Å². The topological polar surface area (TPSA) is 37.3 Å². The number of carbonyl (C=O) groups is 1. The van der Waals surface area contributed by atoms with E-state index in [1.165, 1.54) is 25.7 Å². The van der Waals surface area contributed by atoms with Crippen molar-refractivity contribution >= 4 is 5.97 Å². The van der Waals surface area contributed by atoms with E-state index in [0.717, 1.165) is 12.8 Å². The number of carboxylic acid groups (broad SMARTS) is 1. The fraction of sp³-hybridized carbons (Fsp3) is 0.917. The average molecular weight is 196 g/mol. The van der Waals surface area contributed by atoms with Crippen LogP contribution in [0.1, 0.15) is 52.4 Å². The molecule has 0 spiro atoms. The van der Waals surface area contributed by atoms with Gasteiger partial charge in [-0.05, 0) is 36.5 Å². The molecule has 0 heterocycles. The maximum Gasteiger partial charge on any atom is 0.306 e. The van der Waals surface area contributed by atoms with Gasteiger partial charge in [-0.15, -0.1) is 0 Å². The summed E-state index contributed by atoms with van der Waals surface area (Å²) in [4.78, 5) is 11.0. The highest BCUT2D eigenvalue weighted by molar-refractivity contribution is 5.70. The third-order valence-corrected chi connectivity index (χ3v) is 4.91. The lowest BCUT2D eigenvalue weighted by Crippen LogP contribution is -2.35. The summed E-state index contributed by atoms with van der Waals surface area (Å²) >= 11 is 0. The van der Waals surface area contributed by atoms with E-state index in [0.29, 0.717) is 10.8 Å². The molecule has 2 heteroatoms. The summed E-state index contributed by atoms with van der Waals surface area (Å²) in [5, 5.41) is 9.09. The molecule has 2 saturated carbocycles. The normalized spacial score (nSPS) is 47.4. The molecule has 0 saturated heterocycles. The van der Waals surface area contributed by atoms with Gasteiger partial charge in [-0.1, -0.05) is 26.7 Å². The molecule has 0 amide bonds. The van der Waals surface area contributed by atoms with Crippen LogP contribution in [0.25, 0.3) is 0 Å². The SMILES string of the molecule is C[C@@]12CCCC[C@]1(C)CC(C(=O)O)C2. The number of hydrogen-bond donors (Lipinski definition) is 1. The summed E-state index contributed by atoms with van der Waals surface area (Å²) in [5.41, 5.74) is 0.600. The van der Waals surface area contributed by atoms with E-state index < -0.39 is 5.97 Å². The Bertz CT molecular complexity index is 241. The fourth-order valence-corrected chi connectivity index (χ4v) is 3.67. The van der Waals surface area contributed by atoms with Crippen LogP contribution >= 0.6 is 0 Å². The molecule has 0 bridgehead atoms. The predicted octanol–water partition coefficient (Wildman–Crippen LogP) is 3.07. The molecule has 1 unspecified atom stereocenters. The van der Waals surface area contributed by atoms with E-state index in [-0.39, 0.29) is 5.92 Å². The molecule has 2 fully saturated rings. The zero-order valence-corrected chi connectivity index (χ0v) is 9.18. The minimum absolute atomic E-state index is 0.0805. The van der Waals surface area contributed by atoms with Crippen molar-refractivity contribution in [2.24, 2.45) is 16.7 Å². The van der Waals surface area contributed by atoms with Gasteiger partial charge in [0.05, 0.1) is 5.92 Å². The van der Waals surface area contributed by atoms with Crippen LogP contribution in [0.5, 0.6) is 0 Å². The zero-order valence-electron chi connectivity index (χ0n) is 9.18. The largest absolute Gasteiger partial charge is 0.481 e. The smallest absolute Gasteiger partial charge is 0.306 e. The molecule has 0 aliphatic heterocycles. The summed E-state index contributed by atoms with van der Waals surface area (Å²) in [6.07, 6.45) is 6.84. The number of carboxylic acids is 1. The average Bonchev–Trinajstić information content (AvgIpc) is 2.37. The molecule has 0 aromatic heterocycles. The standard InChI is InChI=1S/C12H20O2/c1-11-5-3-4-6-12(11,2)8-9(7-11)10(13)14/h9H,3-8H2,1-2H3,(H,13,14)/t9?,11-,12+. The van der Waals surface area contributed by atoms with Crippen molar-refractivity contribution in [3.63, 3.8) is 0 Å². The van der Waals surface area contributed by atoms with Gasteiger partial charge >= 0.3 is 5.97 Å². The summed E-state index contributed by atoms with van der Waals surface area (Å²) < 4.78 is 0. The Morgan fingerprint density at radius 1 is 1.14 bits per heavy atom. The van der Waals surface area contributed by atoms with Crippen molar-refractivity contribution < 1.29 is 9.90 Å². The minimum atomic E-state index is -0.582. The number of fused-ring (bicyclic) bond motifs is 1. The van der Waals surface area contributed by atoms with Gasteiger partial charge in [0.1, 0.15) is 0 Å². The van der Waals surface area contributed by atoms with Gasteiger partial charge < -0.3 is 5.11 Å². The lowest BCUT2D eigenvalue weighted by Gasteiger charge is -2.45. The van der Waals surface area contributed by atoms with Gasteiger partial charge in [0, 0.05) is 0 Å². The second kappa shape index (κ2) is 2.98. The summed E-state index contributed by atoms with van der Waals surface area (Å²) in [5.74, 6) is -0.662. The second-order valence-corrected chi connectivity index (χ2v) is 5.77. The Morgan fingerprint density at radius 2 is 1.57 bits per heavy atom. The minimum Gasteiger partial charge on any atom is -0.481 e. The first-order valence-corrected chi connectivity index (χ1v) is 5.70. The third-order valence-electron chi connectivity index (χ3n) is 4.91. The number of aliphatic carboxylic acids is 1. The molecule has 80 valence electrons. The first kappa shape index (κ1) is 10.0. The lowest BCUT2D eigenvalue weighted by molar-refractivity contribution is -0.141. The Kier molecular flexibility index (Phi) is 2.13. The van der Waals surface area contributed by atoms with Gasteiger partial charge in [-0.25, -0.2) is 0 Å². The Labute approximate surface area is 85.7 Å². The van der Waals surface area contributed by atoms with Crippen LogP contribution in [-0.4, -0.2) is 11.1 Å². The van der Waals surface area contributed by atoms with Crippen molar-refractivity contribution in [2.75, 3.05) is 0 Å². The van der Waals surface area contributed by atoms with Gasteiger partial charge in [0.25, 0.3) is 0 Å². The molecule has 14 heavy (non-hydrogen) atoms. The molecule has 0 radical (unpaired) electrons. The maximum absolute atomic E-state index is 11.0. The van der Waals surface area contributed by atoms with Gasteiger partial charge in [-0.3, -0.25) is 4.79 Å². The molecule has 0 aromatic rings. The van der Waals surface area contributed by atoms with Crippen molar-refractivity contribution in [2.45, 2.75) is 52.4 Å². The molecule has 1 N–H and O–H groups in total. The molecular formula is C12H20O2. The number of hydrogen-bond acceptors (Lipinski definition) is 1. The highest BCUT2D eigenvalue weighted by Gasteiger charge is 2.54. The van der Waals surface area contributed by atoms with E-state index in [9.17, 15) is 4.79 Å². The van der Waals surface area contributed by atoms with E-state index in [2.05, 4.69) is 13.8 Å². The van der Waals surface area contributed by atoms with Crippen molar-refractivity contribution in [3.05, 3.63) is 0 Å². The van der Waals surface area contributed by atoms with Crippen LogP contribution in [0.3, 0.4) is 0 Å². The van der Waals surface area contributed by atoms with E-state index >= 15 is 0 Å². The molecule has 2 aliphatic rings. The van der Waals surface area contributed by atoms with Crippen LogP contribution in [0, 0.1) is 16.7 Å². The second-order valence-electron chi connectivity index (χ2n) is 5.77. The summed E-state index contributed by atoms with van der Waals surface area (Å²) in [6, 6.07) is 0. The molecule has 3 atom stereocenters. The molecule has 2 rings (SSSR count). The first-order valence-electron chi connectivity index (χ1n) is 5.70. The zero-order chi connectivity index (χ0) is 10.4. The lowest BCUT2D eigenvalue weighted by atomic mass is 9.60. The van der Waals surface area contributed by atoms with Crippen molar-refractivity contribution in [1.82, 2.24) is 0 Å². The quantitative estimate of drug-likeness (QED) is 0.699. The highest BCUT2D eigenvalue weighted by atomic mass is 16.4. The van der Waals surface area contributed by atoms with Crippen LogP contribution in [0.4, 0.5) is 0 Å². The van der Waals surface area contributed by atoms with Gasteiger partial charge in [-0.2, -0.15) is 0 Å². The Hall–Kier alpha value is -0.530. The Morgan fingerprint density at radius 3 is 1.93 bits per heavy atom. The predicted molar refractivity (Wildman–Crippen MR) is 55.0 cm³/mol. The highest BCUT2D eigenvalue weighted by Crippen LogP contribution is 2.62. The molecular weight excluding hydrogens is 176 g/mol. The van der Waals surface area contributed by atoms with Crippen LogP contribution < -0.4 is 0 Å². The van der Waals surface area contributed by atoms with E-state index in [4.69, 9.17) is 5.11 Å². The molecule has 2 aliphatic carbocycles. The maximum atomic E-state index is 11.0. The first-order chi connectivity index (χ1) is 6.47. The fourth-order valence-electron chi connectivity index (χ4n) is 3.67. The van der Waals surface area contributed by atoms with Crippen molar-refractivity contribution in [1.29, 1.82) is 0 Å². The molecule has 2 nitrogen and oxygen atoms in total. The van der Waals surface area contributed by atoms with Gasteiger partial charge in [0.2, 0.25) is 0 Å². The van der Waals surface area contributed by atoms with Crippen LogP contribution in [0.15, 0.2) is 0 Å². The van der Waals surface area contributed by atoms with Crippen molar-refractivity contribution in [3.8, 4) is 0 Å². The molecule has 0 aromatic carbocycles. The van der Waals surface area contributed by atoms with Gasteiger partial charge in [0.15, 0.2) is 0 Å². The summed E-state index contributed by atoms with van der Waals surface area (Å²) in [7, 11) is 0. The third kappa shape index (κ3) is 1.27. The van der Waals surface area contributed by atoms with Crippen LogP contribution in [-0.2, 0) is 4.79 Å². The number of rotatable bonds is 1. The Balaban J connectivity index is 2.23. The monoisotopic (exact) mass is 196 g/mol.